The van der Waals surface area contributed by atoms with Crippen LogP contribution < -0.4 is 0 Å². The van der Waals surface area contributed by atoms with Gasteiger partial charge in [0.05, 0.1) is 6.61 Å². The van der Waals surface area contributed by atoms with E-state index in [4.69, 9.17) is 14.6 Å². The Kier molecular flexibility index (Phi) is 15.0. The molecule has 5 heteroatoms. The maximum Gasteiger partial charge on any atom is 0.306 e. The van der Waals surface area contributed by atoms with Crippen molar-refractivity contribution in [3.8, 4) is 0 Å². The summed E-state index contributed by atoms with van der Waals surface area (Å²) in [5.74, 6) is -0.696. The molecular weight excluding hydrogens is 296 g/mol. The highest BCUT2D eigenvalue weighted by Gasteiger charge is 2.15. The molecule has 0 aliphatic rings. The van der Waals surface area contributed by atoms with Crippen molar-refractivity contribution in [3.63, 3.8) is 0 Å². The van der Waals surface area contributed by atoms with E-state index >= 15 is 0 Å². The van der Waals surface area contributed by atoms with Crippen LogP contribution in [0.2, 0.25) is 0 Å². The lowest BCUT2D eigenvalue weighted by atomic mass is 10.1. The van der Waals surface area contributed by atoms with Crippen LogP contribution in [0.3, 0.4) is 0 Å². The van der Waals surface area contributed by atoms with Gasteiger partial charge in [0, 0.05) is 12.8 Å². The van der Waals surface area contributed by atoms with Crippen LogP contribution in [0.4, 0.5) is 0 Å². The van der Waals surface area contributed by atoms with Crippen molar-refractivity contribution in [2.75, 3.05) is 13.2 Å². The third-order valence-corrected chi connectivity index (χ3v) is 3.71. The minimum absolute atomic E-state index is 0.0767. The predicted octanol–water partition coefficient (Wildman–Crippen LogP) is 3.76. The molecule has 0 aliphatic carbocycles. The van der Waals surface area contributed by atoms with E-state index < -0.39 is 6.10 Å². The summed E-state index contributed by atoms with van der Waals surface area (Å²) in [6.45, 7) is 3.49. The summed E-state index contributed by atoms with van der Waals surface area (Å²) in [6.07, 6.45) is 10.6. The van der Waals surface area contributed by atoms with Crippen LogP contribution in [0.5, 0.6) is 0 Å². The molecular formula is C18H34O5. The van der Waals surface area contributed by atoms with E-state index in [9.17, 15) is 9.59 Å². The molecule has 0 heterocycles. The van der Waals surface area contributed by atoms with Crippen molar-refractivity contribution in [3.05, 3.63) is 0 Å². The van der Waals surface area contributed by atoms with Crippen LogP contribution in [-0.4, -0.2) is 36.4 Å². The normalized spacial score (nSPS) is 12.0. The molecule has 136 valence electrons. The number of rotatable bonds is 15. The van der Waals surface area contributed by atoms with Crippen molar-refractivity contribution < 1.29 is 24.2 Å². The SMILES string of the molecule is CCCCCCCCCCCC(=O)OC(CO)COC(=O)CC. The lowest BCUT2D eigenvalue weighted by molar-refractivity contribution is -0.161. The zero-order chi connectivity index (χ0) is 17.3. The molecule has 0 rings (SSSR count). The summed E-state index contributed by atoms with van der Waals surface area (Å²) in [7, 11) is 0. The second kappa shape index (κ2) is 15.8. The first-order valence-electron chi connectivity index (χ1n) is 9.09. The zero-order valence-electron chi connectivity index (χ0n) is 14.8. The highest BCUT2D eigenvalue weighted by Crippen LogP contribution is 2.11. The van der Waals surface area contributed by atoms with Gasteiger partial charge >= 0.3 is 11.9 Å². The van der Waals surface area contributed by atoms with Gasteiger partial charge in [0.1, 0.15) is 6.61 Å². The number of carbonyl (C=O) groups is 2. The van der Waals surface area contributed by atoms with Gasteiger partial charge in [0.2, 0.25) is 0 Å². The molecule has 0 fully saturated rings. The first kappa shape index (κ1) is 21.9. The Morgan fingerprint density at radius 1 is 0.870 bits per heavy atom. The lowest BCUT2D eigenvalue weighted by Gasteiger charge is -2.15. The van der Waals surface area contributed by atoms with Crippen molar-refractivity contribution in [2.24, 2.45) is 0 Å². The van der Waals surface area contributed by atoms with Crippen LogP contribution in [0.15, 0.2) is 0 Å². The molecule has 0 aromatic rings. The third-order valence-electron chi connectivity index (χ3n) is 3.71. The Morgan fingerprint density at radius 2 is 1.43 bits per heavy atom. The standard InChI is InChI=1S/C18H34O5/c1-3-5-6-7-8-9-10-11-12-13-18(21)23-16(14-19)15-22-17(20)4-2/h16,19H,3-15H2,1-2H3. The number of esters is 2. The Hall–Kier alpha value is -1.10. The summed E-state index contributed by atoms with van der Waals surface area (Å²) in [6, 6.07) is 0. The number of hydrogen-bond donors (Lipinski definition) is 1. The molecule has 5 nitrogen and oxygen atoms in total. The Morgan fingerprint density at radius 3 is 1.96 bits per heavy atom. The van der Waals surface area contributed by atoms with Crippen molar-refractivity contribution in [1.29, 1.82) is 0 Å². The topological polar surface area (TPSA) is 72.8 Å². The highest BCUT2D eigenvalue weighted by atomic mass is 16.6. The quantitative estimate of drug-likeness (QED) is 0.365. The monoisotopic (exact) mass is 330 g/mol. The second-order valence-electron chi connectivity index (χ2n) is 5.91. The Bertz CT molecular complexity index is 304. The van der Waals surface area contributed by atoms with Crippen LogP contribution in [0.25, 0.3) is 0 Å². The van der Waals surface area contributed by atoms with Crippen LogP contribution in [-0.2, 0) is 19.1 Å². The molecule has 0 spiro atoms. The summed E-state index contributed by atoms with van der Waals surface area (Å²) in [4.78, 5) is 22.7. The Balaban J connectivity index is 3.55. The Labute approximate surface area is 140 Å². The molecule has 1 unspecified atom stereocenters. The maximum atomic E-state index is 11.7. The van der Waals surface area contributed by atoms with Gasteiger partial charge in [-0.05, 0) is 6.42 Å². The van der Waals surface area contributed by atoms with E-state index in [1.807, 2.05) is 0 Å². The molecule has 0 radical (unpaired) electrons. The smallest absolute Gasteiger partial charge is 0.306 e. The first-order valence-corrected chi connectivity index (χ1v) is 9.09. The molecule has 0 aliphatic heterocycles. The van der Waals surface area contributed by atoms with Gasteiger partial charge in [-0.15, -0.1) is 0 Å². The maximum absolute atomic E-state index is 11.7. The minimum atomic E-state index is -0.753. The van der Waals surface area contributed by atoms with Gasteiger partial charge in [-0.1, -0.05) is 65.2 Å². The largest absolute Gasteiger partial charge is 0.462 e. The fourth-order valence-corrected chi connectivity index (χ4v) is 2.24. The predicted molar refractivity (Wildman–Crippen MR) is 90.1 cm³/mol. The lowest BCUT2D eigenvalue weighted by Crippen LogP contribution is -2.28. The van der Waals surface area contributed by atoms with Gasteiger partial charge in [0.25, 0.3) is 0 Å². The molecule has 0 amide bonds. The first-order chi connectivity index (χ1) is 11.1. The van der Waals surface area contributed by atoms with E-state index in [1.54, 1.807) is 6.92 Å². The van der Waals surface area contributed by atoms with Gasteiger partial charge in [-0.3, -0.25) is 9.59 Å². The van der Waals surface area contributed by atoms with Gasteiger partial charge in [-0.25, -0.2) is 0 Å². The van der Waals surface area contributed by atoms with E-state index in [0.29, 0.717) is 6.42 Å². The summed E-state index contributed by atoms with van der Waals surface area (Å²) in [5.41, 5.74) is 0. The van der Waals surface area contributed by atoms with Crippen molar-refractivity contribution in [2.45, 2.75) is 90.6 Å². The van der Waals surface area contributed by atoms with E-state index in [-0.39, 0.29) is 31.6 Å². The van der Waals surface area contributed by atoms with E-state index in [2.05, 4.69) is 6.92 Å². The number of unbranched alkanes of at least 4 members (excludes halogenated alkanes) is 8. The average Bonchev–Trinajstić information content (AvgIpc) is 2.56. The van der Waals surface area contributed by atoms with Crippen LogP contribution in [0, 0.1) is 0 Å². The fourth-order valence-electron chi connectivity index (χ4n) is 2.24. The van der Waals surface area contributed by atoms with Gasteiger partial charge in [-0.2, -0.15) is 0 Å². The second-order valence-corrected chi connectivity index (χ2v) is 5.91. The number of aliphatic hydroxyl groups excluding tert-OH is 1. The molecule has 1 atom stereocenters. The van der Waals surface area contributed by atoms with Crippen molar-refractivity contribution in [1.82, 2.24) is 0 Å². The highest BCUT2D eigenvalue weighted by molar-refractivity contribution is 5.70. The number of carbonyl (C=O) groups excluding carboxylic acids is 2. The summed E-state index contributed by atoms with van der Waals surface area (Å²) in [5, 5.41) is 9.12. The van der Waals surface area contributed by atoms with Gasteiger partial charge in [0.15, 0.2) is 6.10 Å². The number of aliphatic hydroxyl groups is 1. The summed E-state index contributed by atoms with van der Waals surface area (Å²) < 4.78 is 9.97. The van der Waals surface area contributed by atoms with Crippen molar-refractivity contribution >= 4 is 11.9 Å². The third kappa shape index (κ3) is 14.2. The average molecular weight is 330 g/mol. The molecule has 0 bridgehead atoms. The van der Waals surface area contributed by atoms with E-state index in [0.717, 1.165) is 19.3 Å². The van der Waals surface area contributed by atoms with Crippen LogP contribution >= 0.6 is 0 Å². The zero-order valence-corrected chi connectivity index (χ0v) is 14.8. The molecule has 0 saturated carbocycles. The molecule has 0 saturated heterocycles. The molecule has 1 N–H and O–H groups in total. The molecule has 0 aromatic heterocycles. The molecule has 23 heavy (non-hydrogen) atoms. The number of ether oxygens (including phenoxy) is 2. The van der Waals surface area contributed by atoms with E-state index in [1.165, 1.54) is 38.5 Å². The van der Waals surface area contributed by atoms with Crippen LogP contribution in [0.1, 0.15) is 84.5 Å². The fraction of sp³-hybridized carbons (Fsp3) is 0.889. The summed E-state index contributed by atoms with van der Waals surface area (Å²) >= 11 is 0. The number of hydrogen-bond acceptors (Lipinski definition) is 5. The van der Waals surface area contributed by atoms with Gasteiger partial charge < -0.3 is 14.6 Å². The molecule has 0 aromatic carbocycles. The minimum Gasteiger partial charge on any atom is -0.462 e.